The number of hydrogen-bond donors (Lipinski definition) is 0. The maximum Gasteiger partial charge on any atom is 0.217 e. The number of rotatable bonds is 6. The quantitative estimate of drug-likeness (QED) is 0.756. The minimum Gasteiger partial charge on any atom is -0.468 e. The second-order valence-electron chi connectivity index (χ2n) is 5.71. The molecule has 0 bridgehead atoms. The number of methoxy groups -OCH3 is 1. The van der Waals surface area contributed by atoms with E-state index in [4.69, 9.17) is 19.2 Å². The molecule has 0 aliphatic carbocycles. The van der Waals surface area contributed by atoms with Crippen LogP contribution in [0.3, 0.4) is 0 Å². The van der Waals surface area contributed by atoms with Crippen LogP contribution >= 0.6 is 0 Å². The fourth-order valence-corrected chi connectivity index (χ4v) is 3.09. The lowest BCUT2D eigenvalue weighted by Crippen LogP contribution is -2.21. The molecule has 3 atom stereocenters. The third-order valence-corrected chi connectivity index (χ3v) is 4.55. The van der Waals surface area contributed by atoms with E-state index in [-0.39, 0.29) is 23.9 Å². The maximum absolute atomic E-state index is 6.14. The van der Waals surface area contributed by atoms with E-state index in [1.807, 2.05) is 18.2 Å². The van der Waals surface area contributed by atoms with Crippen LogP contribution in [0.25, 0.3) is 0 Å². The summed E-state index contributed by atoms with van der Waals surface area (Å²) in [7, 11) is 1.70. The van der Waals surface area contributed by atoms with E-state index < -0.39 is 0 Å². The van der Waals surface area contributed by atoms with E-state index in [0.717, 1.165) is 24.3 Å². The van der Waals surface area contributed by atoms with Gasteiger partial charge in [-0.05, 0) is 18.4 Å². The molecule has 0 spiro atoms. The molecule has 0 aromatic heterocycles. The summed E-state index contributed by atoms with van der Waals surface area (Å²) in [4.78, 5) is 4.73. The standard InChI is InChI=1S/C17H23NO3/c1-4-17(5-2)15(21-17)16-18-13(11-19-3)14(20-16)12-9-7-6-8-10-12/h6-10,13-15H,4-5,11H2,1-3H3/t13-,14-,15?/m0/s1. The summed E-state index contributed by atoms with van der Waals surface area (Å²) >= 11 is 0. The van der Waals surface area contributed by atoms with Crippen molar-refractivity contribution in [3.63, 3.8) is 0 Å². The van der Waals surface area contributed by atoms with Crippen molar-refractivity contribution >= 4 is 5.90 Å². The third kappa shape index (κ3) is 2.58. The smallest absolute Gasteiger partial charge is 0.217 e. The molecule has 3 rings (SSSR count). The number of ether oxygens (including phenoxy) is 3. The highest BCUT2D eigenvalue weighted by molar-refractivity contribution is 5.86. The van der Waals surface area contributed by atoms with Gasteiger partial charge < -0.3 is 14.2 Å². The van der Waals surface area contributed by atoms with Gasteiger partial charge in [0.1, 0.15) is 17.7 Å². The van der Waals surface area contributed by atoms with E-state index in [1.54, 1.807) is 7.11 Å². The minimum absolute atomic E-state index is 0.00279. The third-order valence-electron chi connectivity index (χ3n) is 4.55. The Morgan fingerprint density at radius 3 is 2.48 bits per heavy atom. The molecule has 1 aromatic rings. The molecule has 0 radical (unpaired) electrons. The number of epoxide rings is 1. The van der Waals surface area contributed by atoms with Gasteiger partial charge in [0, 0.05) is 7.11 Å². The largest absolute Gasteiger partial charge is 0.468 e. The van der Waals surface area contributed by atoms with Crippen LogP contribution in [-0.4, -0.2) is 37.4 Å². The Bertz CT molecular complexity index is 510. The summed E-state index contributed by atoms with van der Waals surface area (Å²) < 4.78 is 17.3. The van der Waals surface area contributed by atoms with Gasteiger partial charge in [-0.3, -0.25) is 0 Å². The topological polar surface area (TPSA) is 43.4 Å². The number of hydrogen-bond acceptors (Lipinski definition) is 4. The highest BCUT2D eigenvalue weighted by Crippen LogP contribution is 2.46. The average Bonchev–Trinajstić information content (AvgIpc) is 3.13. The first kappa shape index (κ1) is 14.5. The normalized spacial score (nSPS) is 29.9. The summed E-state index contributed by atoms with van der Waals surface area (Å²) in [6, 6.07) is 10.2. The number of nitrogens with zero attached hydrogens (tertiary/aromatic N) is 1. The molecule has 2 aliphatic rings. The summed E-state index contributed by atoms with van der Waals surface area (Å²) in [5, 5.41) is 0. The molecule has 0 saturated carbocycles. The van der Waals surface area contributed by atoms with Crippen molar-refractivity contribution in [1.29, 1.82) is 0 Å². The fraction of sp³-hybridized carbons (Fsp3) is 0.588. The first-order chi connectivity index (χ1) is 10.2. The highest BCUT2D eigenvalue weighted by atomic mass is 16.6. The van der Waals surface area contributed by atoms with Crippen molar-refractivity contribution in [3.8, 4) is 0 Å². The van der Waals surface area contributed by atoms with Gasteiger partial charge in [0.15, 0.2) is 6.10 Å². The zero-order chi connectivity index (χ0) is 14.9. The first-order valence-corrected chi connectivity index (χ1v) is 7.70. The summed E-state index contributed by atoms with van der Waals surface area (Å²) in [5.74, 6) is 0.745. The zero-order valence-electron chi connectivity index (χ0n) is 12.9. The van der Waals surface area contributed by atoms with Crippen LogP contribution in [0, 0.1) is 0 Å². The van der Waals surface area contributed by atoms with E-state index in [1.165, 1.54) is 0 Å². The van der Waals surface area contributed by atoms with Crippen LogP contribution in [0.5, 0.6) is 0 Å². The van der Waals surface area contributed by atoms with Gasteiger partial charge in [-0.15, -0.1) is 0 Å². The van der Waals surface area contributed by atoms with Crippen LogP contribution in [0.4, 0.5) is 0 Å². The van der Waals surface area contributed by atoms with E-state index in [2.05, 4.69) is 26.0 Å². The van der Waals surface area contributed by atoms with E-state index >= 15 is 0 Å². The van der Waals surface area contributed by atoms with Gasteiger partial charge in [-0.25, -0.2) is 4.99 Å². The predicted molar refractivity (Wildman–Crippen MR) is 81.6 cm³/mol. The second-order valence-corrected chi connectivity index (χ2v) is 5.71. The molecule has 0 amide bonds. The molecule has 1 unspecified atom stereocenters. The Kier molecular flexibility index (Phi) is 4.00. The molecule has 1 fully saturated rings. The van der Waals surface area contributed by atoms with Crippen LogP contribution < -0.4 is 0 Å². The Morgan fingerprint density at radius 1 is 1.19 bits per heavy atom. The summed E-state index contributed by atoms with van der Waals surface area (Å²) in [5.41, 5.74) is 1.07. The Labute approximate surface area is 126 Å². The fourth-order valence-electron chi connectivity index (χ4n) is 3.09. The zero-order valence-corrected chi connectivity index (χ0v) is 12.9. The highest BCUT2D eigenvalue weighted by Gasteiger charge is 2.59. The lowest BCUT2D eigenvalue weighted by molar-refractivity contribution is 0.118. The van der Waals surface area contributed by atoms with Crippen molar-refractivity contribution < 1.29 is 14.2 Å². The first-order valence-electron chi connectivity index (χ1n) is 7.70. The van der Waals surface area contributed by atoms with Gasteiger partial charge in [0.05, 0.1) is 6.61 Å². The second kappa shape index (κ2) is 5.78. The van der Waals surface area contributed by atoms with Crippen LogP contribution in [0.2, 0.25) is 0 Å². The summed E-state index contributed by atoms with van der Waals surface area (Å²) in [6.07, 6.45) is 1.92. The summed E-state index contributed by atoms with van der Waals surface area (Å²) in [6.45, 7) is 4.86. The van der Waals surface area contributed by atoms with Crippen LogP contribution in [0.15, 0.2) is 35.3 Å². The Morgan fingerprint density at radius 2 is 1.90 bits per heavy atom. The maximum atomic E-state index is 6.14. The molecule has 1 saturated heterocycles. The lowest BCUT2D eigenvalue weighted by Gasteiger charge is -2.17. The van der Waals surface area contributed by atoms with Gasteiger partial charge in [0.2, 0.25) is 5.90 Å². The van der Waals surface area contributed by atoms with Crippen molar-refractivity contribution in [2.24, 2.45) is 4.99 Å². The minimum atomic E-state index is -0.0724. The van der Waals surface area contributed by atoms with Crippen LogP contribution in [0.1, 0.15) is 38.4 Å². The Hall–Kier alpha value is -1.39. The van der Waals surface area contributed by atoms with E-state index in [0.29, 0.717) is 6.61 Å². The van der Waals surface area contributed by atoms with Crippen molar-refractivity contribution in [2.45, 2.75) is 50.5 Å². The van der Waals surface area contributed by atoms with Crippen molar-refractivity contribution in [2.75, 3.05) is 13.7 Å². The van der Waals surface area contributed by atoms with Gasteiger partial charge in [-0.1, -0.05) is 44.2 Å². The molecule has 2 aliphatic heterocycles. The van der Waals surface area contributed by atoms with Gasteiger partial charge >= 0.3 is 0 Å². The molecule has 0 N–H and O–H groups in total. The molecule has 4 nitrogen and oxygen atoms in total. The Balaban J connectivity index is 1.78. The van der Waals surface area contributed by atoms with Crippen molar-refractivity contribution in [1.82, 2.24) is 0 Å². The van der Waals surface area contributed by atoms with Crippen molar-refractivity contribution in [3.05, 3.63) is 35.9 Å². The van der Waals surface area contributed by atoms with Gasteiger partial charge in [-0.2, -0.15) is 0 Å². The van der Waals surface area contributed by atoms with Crippen LogP contribution in [-0.2, 0) is 14.2 Å². The number of aliphatic imine (C=N–C) groups is 1. The molecule has 114 valence electrons. The lowest BCUT2D eigenvalue weighted by atomic mass is 9.99. The van der Waals surface area contributed by atoms with E-state index in [9.17, 15) is 0 Å². The molecule has 1 aromatic carbocycles. The SMILES string of the molecule is CCC1(CC)OC1C1=N[C@@H](COC)[C@H](c2ccccc2)O1. The predicted octanol–water partition coefficient (Wildman–Crippen LogP) is 3.13. The molecule has 2 heterocycles. The molecule has 21 heavy (non-hydrogen) atoms. The molecular weight excluding hydrogens is 266 g/mol. The van der Waals surface area contributed by atoms with Gasteiger partial charge in [0.25, 0.3) is 0 Å². The molecule has 4 heteroatoms. The average molecular weight is 289 g/mol. The number of benzene rings is 1. The molecular formula is C17H23NO3. The monoisotopic (exact) mass is 289 g/mol.